The standard InChI is InChI=1S/C17H17NO2/c1-12-11-19-17(20-12)10-18-15-8-4-2-6-13(15)14-7-3-5-9-16(14)18/h2-9,12,17H,10-11H2,1H3/t12-,17-/m0/s1. The fourth-order valence-corrected chi connectivity index (χ4v) is 3.03. The van der Waals surface area contributed by atoms with Crippen molar-refractivity contribution in [2.24, 2.45) is 0 Å². The van der Waals surface area contributed by atoms with Gasteiger partial charge in [-0.15, -0.1) is 0 Å². The van der Waals surface area contributed by atoms with Crippen LogP contribution in [0.15, 0.2) is 48.5 Å². The van der Waals surface area contributed by atoms with Crippen molar-refractivity contribution in [2.45, 2.75) is 25.9 Å². The van der Waals surface area contributed by atoms with E-state index in [9.17, 15) is 0 Å². The van der Waals surface area contributed by atoms with Crippen LogP contribution in [0.4, 0.5) is 0 Å². The summed E-state index contributed by atoms with van der Waals surface area (Å²) < 4.78 is 13.8. The molecule has 1 saturated heterocycles. The zero-order valence-corrected chi connectivity index (χ0v) is 11.5. The molecule has 0 unspecified atom stereocenters. The van der Waals surface area contributed by atoms with Gasteiger partial charge in [0.25, 0.3) is 0 Å². The third-order valence-corrected chi connectivity index (χ3v) is 3.91. The second-order valence-corrected chi connectivity index (χ2v) is 5.35. The third-order valence-electron chi connectivity index (χ3n) is 3.91. The molecule has 0 aliphatic carbocycles. The van der Waals surface area contributed by atoms with Crippen molar-refractivity contribution in [2.75, 3.05) is 6.61 Å². The van der Waals surface area contributed by atoms with E-state index < -0.39 is 0 Å². The Balaban J connectivity index is 1.87. The van der Waals surface area contributed by atoms with E-state index in [0.29, 0.717) is 6.61 Å². The van der Waals surface area contributed by atoms with E-state index in [1.54, 1.807) is 0 Å². The van der Waals surface area contributed by atoms with Crippen LogP contribution in [0.1, 0.15) is 6.92 Å². The smallest absolute Gasteiger partial charge is 0.175 e. The summed E-state index contributed by atoms with van der Waals surface area (Å²) in [6.45, 7) is 3.46. The molecule has 1 aromatic heterocycles. The minimum atomic E-state index is -0.149. The van der Waals surface area contributed by atoms with Crippen molar-refractivity contribution >= 4 is 21.8 Å². The summed E-state index contributed by atoms with van der Waals surface area (Å²) in [5.41, 5.74) is 2.47. The predicted octanol–water partition coefficient (Wildman–Crippen LogP) is 3.56. The summed E-state index contributed by atoms with van der Waals surface area (Å²) in [7, 11) is 0. The van der Waals surface area contributed by atoms with Gasteiger partial charge < -0.3 is 14.0 Å². The number of aromatic nitrogens is 1. The van der Waals surface area contributed by atoms with Crippen LogP contribution in [0.2, 0.25) is 0 Å². The Hall–Kier alpha value is -1.84. The van der Waals surface area contributed by atoms with Crippen molar-refractivity contribution in [3.63, 3.8) is 0 Å². The summed E-state index contributed by atoms with van der Waals surface area (Å²) in [6, 6.07) is 17.0. The van der Waals surface area contributed by atoms with E-state index in [1.807, 2.05) is 6.92 Å². The lowest BCUT2D eigenvalue weighted by molar-refractivity contribution is -0.0633. The third kappa shape index (κ3) is 1.82. The van der Waals surface area contributed by atoms with Crippen molar-refractivity contribution in [3.8, 4) is 0 Å². The Labute approximate surface area is 117 Å². The molecule has 0 spiro atoms. The fraction of sp³-hybridized carbons (Fsp3) is 0.294. The van der Waals surface area contributed by atoms with E-state index in [1.165, 1.54) is 21.8 Å². The molecule has 0 saturated carbocycles. The van der Waals surface area contributed by atoms with Crippen molar-refractivity contribution in [1.82, 2.24) is 4.57 Å². The average Bonchev–Trinajstić information content (AvgIpc) is 3.03. The first-order chi connectivity index (χ1) is 9.83. The molecule has 0 N–H and O–H groups in total. The van der Waals surface area contributed by atoms with Gasteiger partial charge in [0.15, 0.2) is 6.29 Å². The maximum atomic E-state index is 5.79. The van der Waals surface area contributed by atoms with E-state index in [-0.39, 0.29) is 12.4 Å². The molecule has 0 amide bonds. The lowest BCUT2D eigenvalue weighted by Crippen LogP contribution is -2.17. The van der Waals surface area contributed by atoms with Gasteiger partial charge in [0, 0.05) is 21.8 Å². The van der Waals surface area contributed by atoms with Gasteiger partial charge in [0.05, 0.1) is 19.3 Å². The van der Waals surface area contributed by atoms with Crippen LogP contribution in [0.25, 0.3) is 21.8 Å². The summed E-state index contributed by atoms with van der Waals surface area (Å²) >= 11 is 0. The number of fused-ring (bicyclic) bond motifs is 3. The quantitative estimate of drug-likeness (QED) is 0.708. The molecule has 102 valence electrons. The van der Waals surface area contributed by atoms with Crippen LogP contribution < -0.4 is 0 Å². The molecule has 0 radical (unpaired) electrons. The highest BCUT2D eigenvalue weighted by Gasteiger charge is 2.24. The van der Waals surface area contributed by atoms with Crippen LogP contribution in [-0.2, 0) is 16.0 Å². The first-order valence-electron chi connectivity index (χ1n) is 7.06. The number of para-hydroxylation sites is 2. The molecule has 1 aliphatic rings. The van der Waals surface area contributed by atoms with Gasteiger partial charge >= 0.3 is 0 Å². The minimum Gasteiger partial charge on any atom is -0.348 e. The van der Waals surface area contributed by atoms with Gasteiger partial charge in [0.2, 0.25) is 0 Å². The normalized spacial score (nSPS) is 22.9. The second kappa shape index (κ2) is 4.62. The minimum absolute atomic E-state index is 0.149. The molecule has 2 atom stereocenters. The van der Waals surface area contributed by atoms with Gasteiger partial charge in [-0.1, -0.05) is 36.4 Å². The van der Waals surface area contributed by atoms with Gasteiger partial charge in [-0.2, -0.15) is 0 Å². The molecule has 3 nitrogen and oxygen atoms in total. The van der Waals surface area contributed by atoms with Crippen LogP contribution >= 0.6 is 0 Å². The van der Waals surface area contributed by atoms with Gasteiger partial charge in [0.1, 0.15) is 0 Å². The highest BCUT2D eigenvalue weighted by atomic mass is 16.7. The average molecular weight is 267 g/mol. The molecule has 0 bridgehead atoms. The summed E-state index contributed by atoms with van der Waals surface area (Å²) in [6.07, 6.45) is 0.0392. The largest absolute Gasteiger partial charge is 0.348 e. The topological polar surface area (TPSA) is 23.4 Å². The molecule has 2 aromatic carbocycles. The zero-order chi connectivity index (χ0) is 13.5. The Morgan fingerprint density at radius 2 is 1.60 bits per heavy atom. The summed E-state index contributed by atoms with van der Waals surface area (Å²) in [5, 5.41) is 2.57. The first kappa shape index (κ1) is 11.9. The first-order valence-corrected chi connectivity index (χ1v) is 7.06. The van der Waals surface area contributed by atoms with Crippen molar-refractivity contribution < 1.29 is 9.47 Å². The van der Waals surface area contributed by atoms with E-state index in [4.69, 9.17) is 9.47 Å². The molecule has 20 heavy (non-hydrogen) atoms. The van der Waals surface area contributed by atoms with E-state index in [2.05, 4.69) is 53.1 Å². The molecular formula is C17H17NO2. The fourth-order valence-electron chi connectivity index (χ4n) is 3.03. The zero-order valence-electron chi connectivity index (χ0n) is 11.5. The Morgan fingerprint density at radius 1 is 1.00 bits per heavy atom. The van der Waals surface area contributed by atoms with Crippen molar-refractivity contribution in [3.05, 3.63) is 48.5 Å². The second-order valence-electron chi connectivity index (χ2n) is 5.35. The van der Waals surface area contributed by atoms with Gasteiger partial charge in [-0.3, -0.25) is 0 Å². The Bertz CT molecular complexity index is 709. The highest BCUT2D eigenvalue weighted by Crippen LogP contribution is 2.29. The number of hydrogen-bond acceptors (Lipinski definition) is 2. The SMILES string of the molecule is C[C@H]1CO[C@H](Cn2c3ccccc3c3ccccc32)O1. The summed E-state index contributed by atoms with van der Waals surface area (Å²) in [4.78, 5) is 0. The Morgan fingerprint density at radius 3 is 2.15 bits per heavy atom. The van der Waals surface area contributed by atoms with Gasteiger partial charge in [-0.05, 0) is 19.1 Å². The van der Waals surface area contributed by atoms with Gasteiger partial charge in [-0.25, -0.2) is 0 Å². The highest BCUT2D eigenvalue weighted by molar-refractivity contribution is 6.07. The van der Waals surface area contributed by atoms with Crippen LogP contribution in [-0.4, -0.2) is 23.6 Å². The molecule has 1 aliphatic heterocycles. The van der Waals surface area contributed by atoms with E-state index >= 15 is 0 Å². The molecule has 3 heteroatoms. The number of rotatable bonds is 2. The predicted molar refractivity (Wildman–Crippen MR) is 79.7 cm³/mol. The van der Waals surface area contributed by atoms with Crippen molar-refractivity contribution in [1.29, 1.82) is 0 Å². The number of benzene rings is 2. The molecule has 4 rings (SSSR count). The summed E-state index contributed by atoms with van der Waals surface area (Å²) in [5.74, 6) is 0. The number of ether oxygens (including phenoxy) is 2. The van der Waals surface area contributed by atoms with Crippen LogP contribution in [0.5, 0.6) is 0 Å². The number of nitrogens with zero attached hydrogens (tertiary/aromatic N) is 1. The molecule has 3 aromatic rings. The molecule has 2 heterocycles. The van der Waals surface area contributed by atoms with E-state index in [0.717, 1.165) is 6.54 Å². The molecular weight excluding hydrogens is 250 g/mol. The number of hydrogen-bond donors (Lipinski definition) is 0. The maximum absolute atomic E-state index is 5.79. The van der Waals surface area contributed by atoms with Crippen LogP contribution in [0.3, 0.4) is 0 Å². The monoisotopic (exact) mass is 267 g/mol. The molecule has 1 fully saturated rings. The maximum Gasteiger partial charge on any atom is 0.175 e. The lowest BCUT2D eigenvalue weighted by Gasteiger charge is -2.13. The lowest BCUT2D eigenvalue weighted by atomic mass is 10.2. The Kier molecular flexibility index (Phi) is 2.76. The van der Waals surface area contributed by atoms with Crippen LogP contribution in [0, 0.1) is 0 Å².